The number of rotatable bonds is 2. The second-order valence-corrected chi connectivity index (χ2v) is 3.66. The number of carbonyl (C=O) groups is 1. The number of anilines is 1. The molecule has 0 aliphatic carbocycles. The molecule has 2 rings (SSSR count). The van der Waals surface area contributed by atoms with Crippen molar-refractivity contribution in [2.75, 3.05) is 24.5 Å². The number of aromatic nitrogens is 2. The number of hydrogen-bond donors (Lipinski definition) is 2. The number of nitrogens with one attached hydrogen (secondary N) is 1. The van der Waals surface area contributed by atoms with Crippen LogP contribution in [0.1, 0.15) is 12.1 Å². The van der Waals surface area contributed by atoms with Crippen molar-refractivity contribution < 1.29 is 4.79 Å². The predicted molar refractivity (Wildman–Crippen MR) is 59.8 cm³/mol. The first-order valence-electron chi connectivity index (χ1n) is 5.32. The highest BCUT2D eigenvalue weighted by atomic mass is 16.1. The normalized spacial score (nSPS) is 16.8. The molecule has 2 heterocycles. The van der Waals surface area contributed by atoms with Gasteiger partial charge >= 0.3 is 0 Å². The summed E-state index contributed by atoms with van der Waals surface area (Å²) in [5.74, 6) is 0.891. The largest absolute Gasteiger partial charge is 0.354 e. The summed E-state index contributed by atoms with van der Waals surface area (Å²) in [7, 11) is 0. The third-order valence-electron chi connectivity index (χ3n) is 2.54. The summed E-state index contributed by atoms with van der Waals surface area (Å²) in [6.45, 7) is 2.50. The summed E-state index contributed by atoms with van der Waals surface area (Å²) in [5, 5.41) is 2.82. The Balaban J connectivity index is 2.07. The van der Waals surface area contributed by atoms with Crippen molar-refractivity contribution in [1.82, 2.24) is 15.3 Å². The molecule has 1 aromatic heterocycles. The van der Waals surface area contributed by atoms with Crippen molar-refractivity contribution in [3.63, 3.8) is 0 Å². The van der Waals surface area contributed by atoms with Gasteiger partial charge in [0.15, 0.2) is 0 Å². The zero-order valence-corrected chi connectivity index (χ0v) is 9.02. The van der Waals surface area contributed by atoms with E-state index in [0.717, 1.165) is 18.1 Å². The zero-order valence-electron chi connectivity index (χ0n) is 9.02. The Kier molecular flexibility index (Phi) is 3.31. The molecular formula is C10H15N5O. The van der Waals surface area contributed by atoms with Gasteiger partial charge in [-0.3, -0.25) is 9.78 Å². The van der Waals surface area contributed by atoms with Gasteiger partial charge in [-0.2, -0.15) is 0 Å². The molecule has 0 spiro atoms. The van der Waals surface area contributed by atoms with Crippen molar-refractivity contribution in [2.45, 2.75) is 13.0 Å². The maximum Gasteiger partial charge on any atom is 0.221 e. The fraction of sp³-hybridized carbons (Fsp3) is 0.500. The van der Waals surface area contributed by atoms with Crippen LogP contribution < -0.4 is 16.0 Å². The Labute approximate surface area is 93.9 Å². The van der Waals surface area contributed by atoms with Gasteiger partial charge in [0.25, 0.3) is 0 Å². The van der Waals surface area contributed by atoms with E-state index in [4.69, 9.17) is 5.73 Å². The molecule has 16 heavy (non-hydrogen) atoms. The Morgan fingerprint density at radius 1 is 1.38 bits per heavy atom. The van der Waals surface area contributed by atoms with E-state index in [9.17, 15) is 4.79 Å². The lowest BCUT2D eigenvalue weighted by atomic mass is 10.4. The van der Waals surface area contributed by atoms with E-state index in [1.54, 1.807) is 12.4 Å². The van der Waals surface area contributed by atoms with Gasteiger partial charge in [-0.15, -0.1) is 0 Å². The Hall–Kier alpha value is -1.69. The third kappa shape index (κ3) is 2.46. The first-order chi connectivity index (χ1) is 7.79. The lowest BCUT2D eigenvalue weighted by Crippen LogP contribution is -2.29. The van der Waals surface area contributed by atoms with Crippen LogP contribution in [0.2, 0.25) is 0 Å². The molecule has 3 N–H and O–H groups in total. The van der Waals surface area contributed by atoms with Gasteiger partial charge in [-0.1, -0.05) is 0 Å². The van der Waals surface area contributed by atoms with Crippen LogP contribution in [-0.4, -0.2) is 35.5 Å². The molecule has 1 fully saturated rings. The molecule has 6 heteroatoms. The molecule has 0 saturated carbocycles. The number of hydrogen-bond acceptors (Lipinski definition) is 5. The highest BCUT2D eigenvalue weighted by molar-refractivity contribution is 5.77. The standard InChI is InChI=1S/C10H15N5O/c11-5-8-6-14-9(7-13-8)15-3-1-10(16)12-2-4-15/h6-7H,1-5,11H2,(H,12,16). The maximum absolute atomic E-state index is 11.2. The average Bonchev–Trinajstić information content (AvgIpc) is 2.54. The van der Waals surface area contributed by atoms with Crippen molar-refractivity contribution in [1.29, 1.82) is 0 Å². The number of nitrogens with two attached hydrogens (primary N) is 1. The van der Waals surface area contributed by atoms with Gasteiger partial charge in [0.05, 0.1) is 18.1 Å². The highest BCUT2D eigenvalue weighted by Crippen LogP contribution is 2.10. The molecule has 1 aromatic rings. The maximum atomic E-state index is 11.2. The third-order valence-corrected chi connectivity index (χ3v) is 2.54. The minimum atomic E-state index is 0.0917. The van der Waals surface area contributed by atoms with Crippen LogP contribution in [0.15, 0.2) is 12.4 Å². The summed E-state index contributed by atoms with van der Waals surface area (Å²) in [6.07, 6.45) is 3.88. The topological polar surface area (TPSA) is 84.1 Å². The number of amides is 1. The molecule has 0 atom stereocenters. The molecule has 1 aliphatic heterocycles. The first-order valence-corrected chi connectivity index (χ1v) is 5.32. The van der Waals surface area contributed by atoms with E-state index in [1.807, 2.05) is 4.90 Å². The molecule has 1 aliphatic rings. The molecule has 1 amide bonds. The summed E-state index contributed by atoms with van der Waals surface area (Å²) < 4.78 is 0. The van der Waals surface area contributed by atoms with Gasteiger partial charge in [0.1, 0.15) is 5.82 Å². The van der Waals surface area contributed by atoms with Crippen LogP contribution in [0.3, 0.4) is 0 Å². The second-order valence-electron chi connectivity index (χ2n) is 3.66. The Bertz CT molecular complexity index is 364. The van der Waals surface area contributed by atoms with Crippen LogP contribution in [0.4, 0.5) is 5.82 Å². The van der Waals surface area contributed by atoms with Gasteiger partial charge in [0.2, 0.25) is 5.91 Å². The summed E-state index contributed by atoms with van der Waals surface area (Å²) in [6, 6.07) is 0. The number of carbonyl (C=O) groups excluding carboxylic acids is 1. The van der Waals surface area contributed by atoms with E-state index in [-0.39, 0.29) is 5.91 Å². The van der Waals surface area contributed by atoms with Crippen LogP contribution >= 0.6 is 0 Å². The Morgan fingerprint density at radius 2 is 2.25 bits per heavy atom. The predicted octanol–water partition coefficient (Wildman–Crippen LogP) is -0.738. The van der Waals surface area contributed by atoms with Crippen molar-refractivity contribution in [3.8, 4) is 0 Å². The van der Waals surface area contributed by atoms with Crippen molar-refractivity contribution in [2.24, 2.45) is 5.73 Å². The molecule has 6 nitrogen and oxygen atoms in total. The van der Waals surface area contributed by atoms with Crippen molar-refractivity contribution in [3.05, 3.63) is 18.1 Å². The molecule has 86 valence electrons. The minimum Gasteiger partial charge on any atom is -0.354 e. The van der Waals surface area contributed by atoms with Crippen LogP contribution in [0.5, 0.6) is 0 Å². The minimum absolute atomic E-state index is 0.0917. The van der Waals surface area contributed by atoms with E-state index in [1.165, 1.54) is 0 Å². The van der Waals surface area contributed by atoms with E-state index in [2.05, 4.69) is 15.3 Å². The average molecular weight is 221 g/mol. The molecule has 1 saturated heterocycles. The zero-order chi connectivity index (χ0) is 11.4. The van der Waals surface area contributed by atoms with E-state index in [0.29, 0.717) is 26.1 Å². The van der Waals surface area contributed by atoms with Gasteiger partial charge in [0, 0.05) is 32.6 Å². The fourth-order valence-corrected chi connectivity index (χ4v) is 1.61. The van der Waals surface area contributed by atoms with Gasteiger partial charge in [-0.25, -0.2) is 4.98 Å². The molecule has 0 radical (unpaired) electrons. The summed E-state index contributed by atoms with van der Waals surface area (Å²) >= 11 is 0. The van der Waals surface area contributed by atoms with Crippen LogP contribution in [0.25, 0.3) is 0 Å². The monoisotopic (exact) mass is 221 g/mol. The molecular weight excluding hydrogens is 206 g/mol. The molecule has 0 bridgehead atoms. The second kappa shape index (κ2) is 4.89. The van der Waals surface area contributed by atoms with E-state index < -0.39 is 0 Å². The lowest BCUT2D eigenvalue weighted by molar-refractivity contribution is -0.120. The van der Waals surface area contributed by atoms with Crippen LogP contribution in [0, 0.1) is 0 Å². The smallest absolute Gasteiger partial charge is 0.221 e. The van der Waals surface area contributed by atoms with Gasteiger partial charge in [-0.05, 0) is 0 Å². The SMILES string of the molecule is NCc1cnc(N2CCNC(=O)CC2)cn1. The van der Waals surface area contributed by atoms with Crippen LogP contribution in [-0.2, 0) is 11.3 Å². The first kappa shape index (κ1) is 10.8. The number of nitrogens with zero attached hydrogens (tertiary/aromatic N) is 3. The summed E-state index contributed by atoms with van der Waals surface area (Å²) in [5.41, 5.74) is 6.22. The highest BCUT2D eigenvalue weighted by Gasteiger charge is 2.14. The van der Waals surface area contributed by atoms with Gasteiger partial charge < -0.3 is 16.0 Å². The summed E-state index contributed by atoms with van der Waals surface area (Å²) in [4.78, 5) is 21.7. The van der Waals surface area contributed by atoms with Crippen molar-refractivity contribution >= 4 is 11.7 Å². The molecule has 0 unspecified atom stereocenters. The fourth-order valence-electron chi connectivity index (χ4n) is 1.61. The van der Waals surface area contributed by atoms with E-state index >= 15 is 0 Å². The Morgan fingerprint density at radius 3 is 2.94 bits per heavy atom. The molecule has 0 aromatic carbocycles. The quantitative estimate of drug-likeness (QED) is 0.687. The lowest BCUT2D eigenvalue weighted by Gasteiger charge is -2.19.